The highest BCUT2D eigenvalue weighted by atomic mass is 16.2. The lowest BCUT2D eigenvalue weighted by atomic mass is 10.1. The summed E-state index contributed by atoms with van der Waals surface area (Å²) in [5.74, 6) is -0.417. The molecule has 10 heavy (non-hydrogen) atoms. The van der Waals surface area contributed by atoms with Crippen LogP contribution in [0.15, 0.2) is 0 Å². The van der Waals surface area contributed by atoms with Gasteiger partial charge in [-0.1, -0.05) is 0 Å². The van der Waals surface area contributed by atoms with Crippen LogP contribution in [-0.2, 0) is 9.59 Å². The number of hydrogen-bond donors (Lipinski definition) is 1. The van der Waals surface area contributed by atoms with E-state index in [0.717, 1.165) is 0 Å². The molecular weight excluding hydrogens is 132 g/mol. The van der Waals surface area contributed by atoms with E-state index < -0.39 is 11.9 Å². The van der Waals surface area contributed by atoms with Gasteiger partial charge in [0.2, 0.25) is 11.8 Å². The summed E-state index contributed by atoms with van der Waals surface area (Å²) in [6.07, 6.45) is 0.553. The minimum atomic E-state index is -0.437. The summed E-state index contributed by atoms with van der Waals surface area (Å²) in [5, 5.41) is 0. The summed E-state index contributed by atoms with van der Waals surface area (Å²) in [7, 11) is 0. The van der Waals surface area contributed by atoms with Crippen molar-refractivity contribution in [2.24, 2.45) is 5.73 Å². The molecule has 0 aromatic heterocycles. The number of primary amides is 1. The average Bonchev–Trinajstić information content (AvgIpc) is 1.84. The smallest absolute Gasteiger partial charge is 0.239 e. The Morgan fingerprint density at radius 2 is 2.40 bits per heavy atom. The van der Waals surface area contributed by atoms with Gasteiger partial charge in [-0.2, -0.15) is 0 Å². The van der Waals surface area contributed by atoms with Crippen LogP contribution >= 0.6 is 0 Å². The minimum Gasteiger partial charge on any atom is -0.368 e. The second-order valence-electron chi connectivity index (χ2n) is 2.42. The molecule has 1 aliphatic heterocycles. The number of hydrogen-bond acceptors (Lipinski definition) is 2. The van der Waals surface area contributed by atoms with Crippen molar-refractivity contribution >= 4 is 11.8 Å². The van der Waals surface area contributed by atoms with Crippen LogP contribution in [-0.4, -0.2) is 29.3 Å². The first kappa shape index (κ1) is 7.05. The normalized spacial score (nSPS) is 20.1. The first-order valence-electron chi connectivity index (χ1n) is 3.21. The van der Waals surface area contributed by atoms with Crippen LogP contribution in [0.1, 0.15) is 13.3 Å². The van der Waals surface area contributed by atoms with Gasteiger partial charge in [0.1, 0.15) is 6.04 Å². The fourth-order valence-electron chi connectivity index (χ4n) is 0.895. The molecule has 56 valence electrons. The van der Waals surface area contributed by atoms with Gasteiger partial charge in [-0.15, -0.1) is 0 Å². The Hall–Kier alpha value is -1.06. The zero-order chi connectivity index (χ0) is 7.72. The highest BCUT2D eigenvalue weighted by Gasteiger charge is 2.30. The molecule has 1 saturated heterocycles. The maximum atomic E-state index is 10.7. The van der Waals surface area contributed by atoms with Crippen LogP contribution in [0.3, 0.4) is 0 Å². The maximum Gasteiger partial charge on any atom is 0.239 e. The second kappa shape index (κ2) is 2.28. The van der Waals surface area contributed by atoms with E-state index in [1.165, 1.54) is 4.90 Å². The molecule has 1 aliphatic rings. The van der Waals surface area contributed by atoms with Crippen molar-refractivity contribution in [1.29, 1.82) is 0 Å². The van der Waals surface area contributed by atoms with Crippen LogP contribution in [0.4, 0.5) is 0 Å². The Morgan fingerprint density at radius 3 is 2.50 bits per heavy atom. The Bertz CT molecular complexity index is 171. The molecule has 0 saturated carbocycles. The lowest BCUT2D eigenvalue weighted by molar-refractivity contribution is -0.147. The van der Waals surface area contributed by atoms with Crippen molar-refractivity contribution in [1.82, 2.24) is 4.90 Å². The van der Waals surface area contributed by atoms with Crippen molar-refractivity contribution in [3.05, 3.63) is 0 Å². The minimum absolute atomic E-state index is 0.0197. The number of amides is 2. The van der Waals surface area contributed by atoms with Gasteiger partial charge in [-0.3, -0.25) is 9.59 Å². The number of likely N-dealkylation sites (tertiary alicyclic amines) is 1. The summed E-state index contributed by atoms with van der Waals surface area (Å²) in [4.78, 5) is 22.7. The third-order valence-corrected chi connectivity index (χ3v) is 1.77. The number of carbonyl (C=O) groups is 2. The quantitative estimate of drug-likeness (QED) is 0.507. The highest BCUT2D eigenvalue weighted by Crippen LogP contribution is 2.11. The first-order chi connectivity index (χ1) is 4.63. The van der Waals surface area contributed by atoms with Gasteiger partial charge >= 0.3 is 0 Å². The van der Waals surface area contributed by atoms with Crippen LogP contribution in [0.5, 0.6) is 0 Å². The number of β-lactam (4-membered cyclic amide) rings is 1. The Balaban J connectivity index is 2.49. The van der Waals surface area contributed by atoms with Gasteiger partial charge in [0.15, 0.2) is 0 Å². The second-order valence-corrected chi connectivity index (χ2v) is 2.42. The predicted molar refractivity (Wildman–Crippen MR) is 35.0 cm³/mol. The van der Waals surface area contributed by atoms with Crippen LogP contribution in [0.2, 0.25) is 0 Å². The maximum absolute atomic E-state index is 10.7. The lowest BCUT2D eigenvalue weighted by Gasteiger charge is -2.34. The Kier molecular flexibility index (Phi) is 1.61. The molecule has 4 heteroatoms. The summed E-state index contributed by atoms with van der Waals surface area (Å²) >= 11 is 0. The van der Waals surface area contributed by atoms with Gasteiger partial charge < -0.3 is 10.6 Å². The number of carbonyl (C=O) groups excluding carboxylic acids is 2. The molecule has 0 spiro atoms. The topological polar surface area (TPSA) is 63.4 Å². The van der Waals surface area contributed by atoms with E-state index >= 15 is 0 Å². The summed E-state index contributed by atoms with van der Waals surface area (Å²) in [5.41, 5.74) is 4.98. The standard InChI is InChI=1S/C6H10N2O2/c1-4(6(7)10)8-3-2-5(8)9/h4H,2-3H2,1H3,(H2,7,10). The van der Waals surface area contributed by atoms with Crippen molar-refractivity contribution in [3.8, 4) is 0 Å². The van der Waals surface area contributed by atoms with Crippen molar-refractivity contribution in [3.63, 3.8) is 0 Å². The van der Waals surface area contributed by atoms with Gasteiger partial charge in [-0.05, 0) is 6.92 Å². The third kappa shape index (κ3) is 0.964. The zero-order valence-corrected chi connectivity index (χ0v) is 5.83. The van der Waals surface area contributed by atoms with E-state index in [4.69, 9.17) is 5.73 Å². The fraction of sp³-hybridized carbons (Fsp3) is 0.667. The van der Waals surface area contributed by atoms with Crippen molar-refractivity contribution in [2.45, 2.75) is 19.4 Å². The fourth-order valence-corrected chi connectivity index (χ4v) is 0.895. The number of nitrogens with zero attached hydrogens (tertiary/aromatic N) is 1. The Morgan fingerprint density at radius 1 is 1.80 bits per heavy atom. The monoisotopic (exact) mass is 142 g/mol. The van der Waals surface area contributed by atoms with Crippen LogP contribution in [0.25, 0.3) is 0 Å². The molecule has 2 N–H and O–H groups in total. The molecule has 1 rings (SSSR count). The summed E-state index contributed by atoms with van der Waals surface area (Å²) in [6.45, 7) is 2.31. The largest absolute Gasteiger partial charge is 0.368 e. The van der Waals surface area contributed by atoms with Gasteiger partial charge in [-0.25, -0.2) is 0 Å². The first-order valence-corrected chi connectivity index (χ1v) is 3.21. The molecule has 0 aromatic rings. The molecule has 0 bridgehead atoms. The molecule has 2 amide bonds. The molecule has 0 aliphatic carbocycles. The molecular formula is C6H10N2O2. The van der Waals surface area contributed by atoms with E-state index in [1.54, 1.807) is 6.92 Å². The molecule has 0 aromatic carbocycles. The van der Waals surface area contributed by atoms with Crippen molar-refractivity contribution < 1.29 is 9.59 Å². The highest BCUT2D eigenvalue weighted by molar-refractivity contribution is 5.89. The van der Waals surface area contributed by atoms with E-state index in [0.29, 0.717) is 13.0 Å². The molecule has 0 radical (unpaired) electrons. The summed E-state index contributed by atoms with van der Waals surface area (Å²) in [6, 6.07) is -0.429. The molecule has 1 atom stereocenters. The van der Waals surface area contributed by atoms with E-state index in [2.05, 4.69) is 0 Å². The zero-order valence-electron chi connectivity index (χ0n) is 5.83. The van der Waals surface area contributed by atoms with Crippen LogP contribution in [0, 0.1) is 0 Å². The van der Waals surface area contributed by atoms with Gasteiger partial charge in [0.05, 0.1) is 0 Å². The molecule has 4 nitrogen and oxygen atoms in total. The molecule has 1 unspecified atom stereocenters. The third-order valence-electron chi connectivity index (χ3n) is 1.77. The number of nitrogens with two attached hydrogens (primary N) is 1. The molecule has 1 heterocycles. The van der Waals surface area contributed by atoms with Crippen molar-refractivity contribution in [2.75, 3.05) is 6.54 Å². The van der Waals surface area contributed by atoms with Gasteiger partial charge in [0.25, 0.3) is 0 Å². The Labute approximate surface area is 59.0 Å². The van der Waals surface area contributed by atoms with E-state index in [-0.39, 0.29) is 5.91 Å². The summed E-state index contributed by atoms with van der Waals surface area (Å²) < 4.78 is 0. The predicted octanol–water partition coefficient (Wildman–Crippen LogP) is -0.908. The molecule has 1 fully saturated rings. The SMILES string of the molecule is CC(C(N)=O)N1CCC1=O. The number of rotatable bonds is 2. The van der Waals surface area contributed by atoms with E-state index in [1.807, 2.05) is 0 Å². The van der Waals surface area contributed by atoms with Crippen LogP contribution < -0.4 is 5.73 Å². The van der Waals surface area contributed by atoms with Gasteiger partial charge in [0, 0.05) is 13.0 Å². The lowest BCUT2D eigenvalue weighted by Crippen LogP contribution is -2.53. The average molecular weight is 142 g/mol. The van der Waals surface area contributed by atoms with E-state index in [9.17, 15) is 9.59 Å².